The van der Waals surface area contributed by atoms with Crippen molar-refractivity contribution in [1.29, 1.82) is 0 Å². The molecule has 0 spiro atoms. The predicted octanol–water partition coefficient (Wildman–Crippen LogP) is 4.97. The maximum absolute atomic E-state index is 6.28. The molecule has 0 aliphatic rings. The molecular formula is C15H7BrClIN4. The third kappa shape index (κ3) is 2.29. The van der Waals surface area contributed by atoms with Crippen molar-refractivity contribution in [3.05, 3.63) is 55.8 Å². The molecule has 2 aromatic carbocycles. The Morgan fingerprint density at radius 2 is 1.86 bits per heavy atom. The van der Waals surface area contributed by atoms with Crippen molar-refractivity contribution < 1.29 is 0 Å². The van der Waals surface area contributed by atoms with Gasteiger partial charge < -0.3 is 0 Å². The predicted molar refractivity (Wildman–Crippen MR) is 99.2 cm³/mol. The van der Waals surface area contributed by atoms with Crippen LogP contribution < -0.4 is 0 Å². The van der Waals surface area contributed by atoms with Crippen LogP contribution in [-0.4, -0.2) is 19.6 Å². The molecule has 4 nitrogen and oxygen atoms in total. The van der Waals surface area contributed by atoms with Crippen molar-refractivity contribution in [2.24, 2.45) is 0 Å². The lowest BCUT2D eigenvalue weighted by Crippen LogP contribution is -1.96. The van der Waals surface area contributed by atoms with E-state index < -0.39 is 0 Å². The summed E-state index contributed by atoms with van der Waals surface area (Å²) in [5.41, 5.74) is 2.47. The minimum atomic E-state index is 0.303. The monoisotopic (exact) mass is 484 g/mol. The van der Waals surface area contributed by atoms with Gasteiger partial charge in [0.15, 0.2) is 11.5 Å². The minimum absolute atomic E-state index is 0.303. The summed E-state index contributed by atoms with van der Waals surface area (Å²) in [6, 6.07) is 13.8. The van der Waals surface area contributed by atoms with Gasteiger partial charge in [-0.25, -0.2) is 9.97 Å². The summed E-state index contributed by atoms with van der Waals surface area (Å²) in [6.07, 6.45) is 0. The Kier molecular flexibility index (Phi) is 3.54. The first-order valence-electron chi connectivity index (χ1n) is 6.40. The van der Waals surface area contributed by atoms with Crippen LogP contribution in [0.3, 0.4) is 0 Å². The quantitative estimate of drug-likeness (QED) is 0.283. The van der Waals surface area contributed by atoms with Gasteiger partial charge in [0.25, 0.3) is 0 Å². The van der Waals surface area contributed by atoms with Crippen LogP contribution in [0, 0.1) is 3.57 Å². The Morgan fingerprint density at radius 1 is 1.09 bits per heavy atom. The molecule has 0 aliphatic carbocycles. The second-order valence-corrected chi connectivity index (χ2v) is 7.12. The third-order valence-electron chi connectivity index (χ3n) is 3.29. The smallest absolute Gasteiger partial charge is 0.217 e. The van der Waals surface area contributed by atoms with E-state index in [1.807, 2.05) is 42.5 Å². The molecule has 0 bridgehead atoms. The molecule has 0 unspecified atom stereocenters. The first-order chi connectivity index (χ1) is 10.6. The van der Waals surface area contributed by atoms with E-state index in [2.05, 4.69) is 53.6 Å². The molecule has 2 aromatic heterocycles. The van der Waals surface area contributed by atoms with Crippen molar-refractivity contribution in [1.82, 2.24) is 19.6 Å². The first-order valence-corrected chi connectivity index (χ1v) is 8.65. The number of hydrogen-bond donors (Lipinski definition) is 0. The lowest BCUT2D eigenvalue weighted by molar-refractivity contribution is 0.939. The van der Waals surface area contributed by atoms with Crippen LogP contribution in [-0.2, 0) is 0 Å². The van der Waals surface area contributed by atoms with E-state index in [1.54, 1.807) is 4.52 Å². The molecule has 22 heavy (non-hydrogen) atoms. The van der Waals surface area contributed by atoms with E-state index in [9.17, 15) is 0 Å². The van der Waals surface area contributed by atoms with Crippen LogP contribution in [0.5, 0.6) is 0 Å². The van der Waals surface area contributed by atoms with Crippen molar-refractivity contribution in [3.63, 3.8) is 0 Å². The Morgan fingerprint density at radius 3 is 2.64 bits per heavy atom. The van der Waals surface area contributed by atoms with E-state index in [1.165, 1.54) is 0 Å². The van der Waals surface area contributed by atoms with E-state index in [0.717, 1.165) is 24.5 Å². The van der Waals surface area contributed by atoms with Gasteiger partial charge in [-0.1, -0.05) is 46.3 Å². The number of fused-ring (bicyclic) bond motifs is 3. The van der Waals surface area contributed by atoms with Crippen LogP contribution in [0.2, 0.25) is 5.28 Å². The maximum Gasteiger partial charge on any atom is 0.226 e. The maximum atomic E-state index is 6.28. The molecule has 0 fully saturated rings. The zero-order chi connectivity index (χ0) is 15.3. The molecule has 0 saturated heterocycles. The molecule has 0 atom stereocenters. The zero-order valence-corrected chi connectivity index (χ0v) is 15.5. The van der Waals surface area contributed by atoms with E-state index in [0.29, 0.717) is 16.8 Å². The third-order valence-corrected chi connectivity index (χ3v) is 4.81. The van der Waals surface area contributed by atoms with Gasteiger partial charge >= 0.3 is 0 Å². The number of rotatable bonds is 1. The summed E-state index contributed by atoms with van der Waals surface area (Å²) in [7, 11) is 0. The number of aromatic nitrogens is 4. The normalized spacial score (nSPS) is 11.4. The summed E-state index contributed by atoms with van der Waals surface area (Å²) < 4.78 is 3.56. The molecule has 4 rings (SSSR count). The molecule has 0 aliphatic heterocycles. The summed E-state index contributed by atoms with van der Waals surface area (Å²) in [5.74, 6) is 0.631. The Labute approximate surface area is 152 Å². The van der Waals surface area contributed by atoms with Crippen molar-refractivity contribution in [2.45, 2.75) is 0 Å². The Bertz CT molecular complexity index is 1020. The van der Waals surface area contributed by atoms with Gasteiger partial charge in [0.2, 0.25) is 5.28 Å². The molecule has 7 heteroatoms. The highest BCUT2D eigenvalue weighted by Crippen LogP contribution is 2.29. The molecule has 0 radical (unpaired) electrons. The molecule has 2 heterocycles. The molecule has 108 valence electrons. The molecule has 4 aromatic rings. The molecular weight excluding hydrogens is 478 g/mol. The van der Waals surface area contributed by atoms with Gasteiger partial charge in [-0.2, -0.15) is 4.52 Å². The summed E-state index contributed by atoms with van der Waals surface area (Å²) in [4.78, 5) is 9.11. The van der Waals surface area contributed by atoms with Crippen molar-refractivity contribution in [2.75, 3.05) is 0 Å². The standard InChI is InChI=1S/C15H7BrClIN4/c16-9-6-10-12(11(18)7-9)19-15(17)22-14(10)20-13(21-22)8-4-2-1-3-5-8/h1-7H. The SMILES string of the molecule is Clc1nc2c(I)cc(Br)cc2c2nc(-c3ccccc3)nn12. The highest BCUT2D eigenvalue weighted by molar-refractivity contribution is 14.1. The Balaban J connectivity index is 2.11. The fraction of sp³-hybridized carbons (Fsp3) is 0. The first kappa shape index (κ1) is 14.3. The van der Waals surface area contributed by atoms with Gasteiger partial charge in [-0.3, -0.25) is 0 Å². The van der Waals surface area contributed by atoms with Crippen LogP contribution in [0.15, 0.2) is 46.9 Å². The highest BCUT2D eigenvalue weighted by Gasteiger charge is 2.15. The van der Waals surface area contributed by atoms with Crippen LogP contribution in [0.4, 0.5) is 0 Å². The zero-order valence-electron chi connectivity index (χ0n) is 11.0. The van der Waals surface area contributed by atoms with Crippen LogP contribution in [0.25, 0.3) is 27.9 Å². The average molecular weight is 486 g/mol. The fourth-order valence-electron chi connectivity index (χ4n) is 2.31. The van der Waals surface area contributed by atoms with E-state index in [-0.39, 0.29) is 0 Å². The van der Waals surface area contributed by atoms with Crippen LogP contribution >= 0.6 is 50.1 Å². The summed E-state index contributed by atoms with van der Waals surface area (Å²) in [6.45, 7) is 0. The van der Waals surface area contributed by atoms with Gasteiger partial charge in [-0.15, -0.1) is 5.10 Å². The lowest BCUT2D eigenvalue weighted by atomic mass is 10.2. The van der Waals surface area contributed by atoms with Gasteiger partial charge in [0.1, 0.15) is 0 Å². The van der Waals surface area contributed by atoms with E-state index >= 15 is 0 Å². The Hall–Kier alpha value is -1.25. The molecule has 0 amide bonds. The molecule has 0 N–H and O–H groups in total. The average Bonchev–Trinajstić information content (AvgIpc) is 2.96. The van der Waals surface area contributed by atoms with Gasteiger partial charge in [0.05, 0.1) is 5.52 Å². The van der Waals surface area contributed by atoms with Gasteiger partial charge in [-0.05, 0) is 46.3 Å². The summed E-state index contributed by atoms with van der Waals surface area (Å²) >= 11 is 12.0. The van der Waals surface area contributed by atoms with E-state index in [4.69, 9.17) is 11.6 Å². The highest BCUT2D eigenvalue weighted by atomic mass is 127. The number of halogens is 3. The topological polar surface area (TPSA) is 43.1 Å². The fourth-order valence-corrected chi connectivity index (χ4v) is 4.15. The van der Waals surface area contributed by atoms with Crippen molar-refractivity contribution in [3.8, 4) is 11.4 Å². The second-order valence-electron chi connectivity index (χ2n) is 4.70. The largest absolute Gasteiger partial charge is 0.226 e. The second kappa shape index (κ2) is 5.43. The number of nitrogens with zero attached hydrogens (tertiary/aromatic N) is 4. The summed E-state index contributed by atoms with van der Waals surface area (Å²) in [5, 5.41) is 5.70. The molecule has 0 saturated carbocycles. The van der Waals surface area contributed by atoms with Gasteiger partial charge in [0, 0.05) is 19.0 Å². The van der Waals surface area contributed by atoms with Crippen LogP contribution in [0.1, 0.15) is 0 Å². The number of hydrogen-bond acceptors (Lipinski definition) is 3. The van der Waals surface area contributed by atoms with Crippen molar-refractivity contribution >= 4 is 66.7 Å². The minimum Gasteiger partial charge on any atom is -0.217 e. The number of benzene rings is 2. The lowest BCUT2D eigenvalue weighted by Gasteiger charge is -2.04.